The Balaban J connectivity index is 2.27. The molecule has 0 radical (unpaired) electrons. The zero-order valence-corrected chi connectivity index (χ0v) is 12.0. The van der Waals surface area contributed by atoms with Gasteiger partial charge in [0.2, 0.25) is 5.91 Å². The van der Waals surface area contributed by atoms with Crippen LogP contribution in [0.1, 0.15) is 25.3 Å². The lowest BCUT2D eigenvalue weighted by atomic mass is 10.1. The smallest absolute Gasteiger partial charge is 0.253 e. The van der Waals surface area contributed by atoms with E-state index in [1.807, 2.05) is 44.2 Å². The maximum atomic E-state index is 12.2. The van der Waals surface area contributed by atoms with Gasteiger partial charge >= 0.3 is 0 Å². The van der Waals surface area contributed by atoms with E-state index in [4.69, 9.17) is 0 Å². The Morgan fingerprint density at radius 3 is 2.80 bits per heavy atom. The minimum absolute atomic E-state index is 0.00987. The molecule has 0 saturated carbocycles. The summed E-state index contributed by atoms with van der Waals surface area (Å²) in [7, 11) is 0. The first kappa shape index (κ1) is 14.3. The topological polar surface area (TPSA) is 51.1 Å². The molecular weight excluding hydrogens is 252 g/mol. The normalized spacial score (nSPS) is 10.7. The monoisotopic (exact) mass is 272 g/mol. The molecule has 1 amide bonds. The number of pyridine rings is 1. The number of para-hydroxylation sites is 1. The van der Waals surface area contributed by atoms with Crippen LogP contribution in [0.15, 0.2) is 35.1 Å². The molecule has 0 aliphatic rings. The number of amides is 1. The third kappa shape index (κ3) is 3.07. The van der Waals surface area contributed by atoms with Crippen LogP contribution < -0.4 is 10.9 Å². The lowest BCUT2D eigenvalue weighted by Crippen LogP contribution is -2.28. The number of carbonyl (C=O) groups excluding carboxylic acids is 1. The second kappa shape index (κ2) is 6.37. The van der Waals surface area contributed by atoms with Crippen LogP contribution in [0, 0.1) is 6.92 Å². The van der Waals surface area contributed by atoms with E-state index >= 15 is 0 Å². The van der Waals surface area contributed by atoms with Gasteiger partial charge in [-0.15, -0.1) is 0 Å². The van der Waals surface area contributed by atoms with Gasteiger partial charge in [-0.25, -0.2) is 0 Å². The fourth-order valence-electron chi connectivity index (χ4n) is 2.26. The Kier molecular flexibility index (Phi) is 4.56. The first-order valence-electron chi connectivity index (χ1n) is 6.99. The molecule has 1 heterocycles. The van der Waals surface area contributed by atoms with Gasteiger partial charge in [0, 0.05) is 25.1 Å². The van der Waals surface area contributed by atoms with Crippen molar-refractivity contribution in [2.45, 2.75) is 33.2 Å². The van der Waals surface area contributed by atoms with Crippen LogP contribution in [0.2, 0.25) is 0 Å². The van der Waals surface area contributed by atoms with Crippen molar-refractivity contribution in [2.24, 2.45) is 0 Å². The van der Waals surface area contributed by atoms with Crippen molar-refractivity contribution in [3.8, 4) is 0 Å². The van der Waals surface area contributed by atoms with Crippen molar-refractivity contribution in [3.05, 3.63) is 46.2 Å². The molecule has 1 aromatic heterocycles. The molecule has 20 heavy (non-hydrogen) atoms. The van der Waals surface area contributed by atoms with Crippen molar-refractivity contribution < 1.29 is 4.79 Å². The van der Waals surface area contributed by atoms with Crippen LogP contribution in [-0.2, 0) is 11.3 Å². The second-order valence-corrected chi connectivity index (χ2v) is 4.94. The summed E-state index contributed by atoms with van der Waals surface area (Å²) in [6.07, 6.45) is 1.24. The Hall–Kier alpha value is -2.10. The zero-order chi connectivity index (χ0) is 14.5. The van der Waals surface area contributed by atoms with Crippen LogP contribution in [0.5, 0.6) is 0 Å². The third-order valence-electron chi connectivity index (χ3n) is 3.32. The molecule has 0 unspecified atom stereocenters. The summed E-state index contributed by atoms with van der Waals surface area (Å²) in [5.41, 5.74) is 1.57. The fourth-order valence-corrected chi connectivity index (χ4v) is 2.26. The Labute approximate surface area is 118 Å². The molecule has 0 spiro atoms. The summed E-state index contributed by atoms with van der Waals surface area (Å²) in [5.74, 6) is -0.00987. The molecule has 2 rings (SSSR count). The van der Waals surface area contributed by atoms with E-state index in [1.165, 1.54) is 0 Å². The summed E-state index contributed by atoms with van der Waals surface area (Å²) in [6.45, 7) is 4.92. The van der Waals surface area contributed by atoms with Crippen molar-refractivity contribution in [1.82, 2.24) is 9.88 Å². The van der Waals surface area contributed by atoms with Crippen LogP contribution >= 0.6 is 0 Å². The maximum Gasteiger partial charge on any atom is 0.253 e. The van der Waals surface area contributed by atoms with Gasteiger partial charge in [-0.05, 0) is 30.9 Å². The SMILES string of the molecule is CCCNC(=O)CCn1c(=O)c(C)cc2ccccc21. The molecule has 4 heteroatoms. The van der Waals surface area contributed by atoms with Gasteiger partial charge in [0.05, 0.1) is 5.52 Å². The highest BCUT2D eigenvalue weighted by atomic mass is 16.1. The summed E-state index contributed by atoms with van der Waals surface area (Å²) in [4.78, 5) is 23.9. The number of hydrogen-bond acceptors (Lipinski definition) is 2. The molecule has 2 aromatic rings. The number of rotatable bonds is 5. The summed E-state index contributed by atoms with van der Waals surface area (Å²) < 4.78 is 1.69. The molecule has 0 atom stereocenters. The molecule has 0 bridgehead atoms. The van der Waals surface area contributed by atoms with E-state index in [-0.39, 0.29) is 11.5 Å². The summed E-state index contributed by atoms with van der Waals surface area (Å²) in [5, 5.41) is 3.86. The molecule has 0 aliphatic carbocycles. The average Bonchev–Trinajstić information content (AvgIpc) is 2.45. The molecule has 0 saturated heterocycles. The van der Waals surface area contributed by atoms with Gasteiger partial charge in [-0.3, -0.25) is 9.59 Å². The molecule has 1 N–H and O–H groups in total. The van der Waals surface area contributed by atoms with Gasteiger partial charge in [-0.2, -0.15) is 0 Å². The van der Waals surface area contributed by atoms with Crippen molar-refractivity contribution in [2.75, 3.05) is 6.54 Å². The predicted octanol–water partition coefficient (Wildman–Crippen LogP) is 2.23. The van der Waals surface area contributed by atoms with Gasteiger partial charge < -0.3 is 9.88 Å². The number of aromatic nitrogens is 1. The molecule has 4 nitrogen and oxygen atoms in total. The zero-order valence-electron chi connectivity index (χ0n) is 12.0. The molecule has 106 valence electrons. The Morgan fingerprint density at radius 2 is 2.05 bits per heavy atom. The lowest BCUT2D eigenvalue weighted by Gasteiger charge is -2.11. The number of carbonyl (C=O) groups is 1. The van der Waals surface area contributed by atoms with E-state index in [9.17, 15) is 9.59 Å². The van der Waals surface area contributed by atoms with Crippen LogP contribution in [-0.4, -0.2) is 17.0 Å². The number of hydrogen-bond donors (Lipinski definition) is 1. The first-order valence-corrected chi connectivity index (χ1v) is 6.99. The van der Waals surface area contributed by atoms with E-state index in [0.29, 0.717) is 25.1 Å². The van der Waals surface area contributed by atoms with Gasteiger partial charge in [-0.1, -0.05) is 25.1 Å². The summed E-state index contributed by atoms with van der Waals surface area (Å²) in [6, 6.07) is 9.65. The average molecular weight is 272 g/mol. The van der Waals surface area contributed by atoms with Gasteiger partial charge in [0.1, 0.15) is 0 Å². The molecular formula is C16H20N2O2. The fraction of sp³-hybridized carbons (Fsp3) is 0.375. The van der Waals surface area contributed by atoms with Crippen LogP contribution in [0.25, 0.3) is 10.9 Å². The van der Waals surface area contributed by atoms with Crippen molar-refractivity contribution in [1.29, 1.82) is 0 Å². The molecule has 0 aliphatic heterocycles. The minimum Gasteiger partial charge on any atom is -0.356 e. The Bertz CT molecular complexity index is 674. The maximum absolute atomic E-state index is 12.2. The van der Waals surface area contributed by atoms with E-state index in [1.54, 1.807) is 4.57 Å². The highest BCUT2D eigenvalue weighted by Crippen LogP contribution is 2.13. The first-order chi connectivity index (χ1) is 9.63. The highest BCUT2D eigenvalue weighted by molar-refractivity contribution is 5.80. The quantitative estimate of drug-likeness (QED) is 0.907. The van der Waals surface area contributed by atoms with Gasteiger partial charge in [0.15, 0.2) is 0 Å². The van der Waals surface area contributed by atoms with Crippen molar-refractivity contribution >= 4 is 16.8 Å². The van der Waals surface area contributed by atoms with Crippen LogP contribution in [0.4, 0.5) is 0 Å². The van der Waals surface area contributed by atoms with Crippen LogP contribution in [0.3, 0.4) is 0 Å². The number of nitrogens with one attached hydrogen (secondary N) is 1. The molecule has 0 fully saturated rings. The number of nitrogens with zero attached hydrogens (tertiary/aromatic N) is 1. The highest BCUT2D eigenvalue weighted by Gasteiger charge is 2.08. The van der Waals surface area contributed by atoms with E-state index < -0.39 is 0 Å². The molecule has 1 aromatic carbocycles. The number of aryl methyl sites for hydroxylation is 2. The Morgan fingerprint density at radius 1 is 1.30 bits per heavy atom. The van der Waals surface area contributed by atoms with E-state index in [2.05, 4.69) is 5.32 Å². The lowest BCUT2D eigenvalue weighted by molar-refractivity contribution is -0.121. The number of fused-ring (bicyclic) bond motifs is 1. The largest absolute Gasteiger partial charge is 0.356 e. The van der Waals surface area contributed by atoms with E-state index in [0.717, 1.165) is 17.3 Å². The predicted molar refractivity (Wildman–Crippen MR) is 80.9 cm³/mol. The van der Waals surface area contributed by atoms with Gasteiger partial charge in [0.25, 0.3) is 5.56 Å². The second-order valence-electron chi connectivity index (χ2n) is 4.94. The summed E-state index contributed by atoms with van der Waals surface area (Å²) >= 11 is 0. The standard InChI is InChI=1S/C16H20N2O2/c1-3-9-17-15(19)8-10-18-14-7-5-4-6-13(14)11-12(2)16(18)20/h4-7,11H,3,8-10H2,1-2H3,(H,17,19). The third-order valence-corrected chi connectivity index (χ3v) is 3.32. The minimum atomic E-state index is -0.0213. The van der Waals surface area contributed by atoms with Crippen molar-refractivity contribution in [3.63, 3.8) is 0 Å². The number of benzene rings is 1.